The molecular formula is C24H35NO2. The average Bonchev–Trinajstić information content (AvgIpc) is 2.68. The summed E-state index contributed by atoms with van der Waals surface area (Å²) in [6.45, 7) is 0.127. The van der Waals surface area contributed by atoms with Crippen molar-refractivity contribution in [3.63, 3.8) is 0 Å². The van der Waals surface area contributed by atoms with Gasteiger partial charge < -0.3 is 10.1 Å². The third kappa shape index (κ3) is 4.33. The van der Waals surface area contributed by atoms with Gasteiger partial charge >= 0.3 is 0 Å². The van der Waals surface area contributed by atoms with E-state index in [0.29, 0.717) is 5.41 Å². The van der Waals surface area contributed by atoms with Gasteiger partial charge in [0.25, 0.3) is 5.91 Å². The average molecular weight is 370 g/mol. The summed E-state index contributed by atoms with van der Waals surface area (Å²) < 4.78 is 5.60. The van der Waals surface area contributed by atoms with E-state index in [2.05, 4.69) is 5.32 Å². The van der Waals surface area contributed by atoms with Crippen LogP contribution in [0.4, 0.5) is 0 Å². The van der Waals surface area contributed by atoms with Crippen molar-refractivity contribution in [2.75, 3.05) is 6.61 Å². The summed E-state index contributed by atoms with van der Waals surface area (Å²) in [6, 6.07) is 9.60. The summed E-state index contributed by atoms with van der Waals surface area (Å²) in [5.41, 5.74) is 0.658. The number of para-hydroxylation sites is 1. The molecule has 148 valence electrons. The number of hydrogen-bond donors (Lipinski definition) is 1. The molecule has 3 nitrogen and oxygen atoms in total. The molecule has 4 saturated carbocycles. The smallest absolute Gasteiger partial charge is 0.258 e. The molecule has 1 N–H and O–H groups in total. The lowest BCUT2D eigenvalue weighted by Crippen LogP contribution is -2.76. The maximum Gasteiger partial charge on any atom is 0.258 e. The zero-order valence-electron chi connectivity index (χ0n) is 16.7. The van der Waals surface area contributed by atoms with Crippen LogP contribution in [0.2, 0.25) is 0 Å². The van der Waals surface area contributed by atoms with Crippen molar-refractivity contribution in [2.45, 2.75) is 89.0 Å². The van der Waals surface area contributed by atoms with Crippen LogP contribution in [0.3, 0.4) is 0 Å². The number of hydrogen-bond acceptors (Lipinski definition) is 2. The van der Waals surface area contributed by atoms with Crippen molar-refractivity contribution in [3.8, 4) is 5.75 Å². The van der Waals surface area contributed by atoms with Crippen LogP contribution in [0.5, 0.6) is 5.75 Å². The molecule has 0 unspecified atom stereocenters. The highest BCUT2D eigenvalue weighted by molar-refractivity contribution is 5.79. The van der Waals surface area contributed by atoms with Gasteiger partial charge in [0.2, 0.25) is 0 Å². The van der Waals surface area contributed by atoms with Crippen LogP contribution in [0.1, 0.15) is 83.5 Å². The Morgan fingerprint density at radius 2 is 1.44 bits per heavy atom. The van der Waals surface area contributed by atoms with E-state index in [1.54, 1.807) is 0 Å². The monoisotopic (exact) mass is 369 g/mol. The molecular weight excluding hydrogens is 334 g/mol. The van der Waals surface area contributed by atoms with Crippen LogP contribution in [0.15, 0.2) is 30.3 Å². The molecule has 0 saturated heterocycles. The van der Waals surface area contributed by atoms with E-state index in [-0.39, 0.29) is 18.1 Å². The minimum absolute atomic E-state index is 0.0367. The maximum absolute atomic E-state index is 12.3. The Hall–Kier alpha value is -1.51. The third-order valence-electron chi connectivity index (χ3n) is 7.31. The van der Waals surface area contributed by atoms with Gasteiger partial charge in [0.1, 0.15) is 5.75 Å². The molecule has 0 aromatic heterocycles. The molecule has 4 aliphatic rings. The van der Waals surface area contributed by atoms with Crippen LogP contribution in [0, 0.1) is 11.3 Å². The van der Waals surface area contributed by atoms with E-state index in [1.807, 2.05) is 30.3 Å². The zero-order valence-corrected chi connectivity index (χ0v) is 16.7. The fraction of sp³-hybridized carbons (Fsp3) is 0.708. The quantitative estimate of drug-likeness (QED) is 0.730. The SMILES string of the molecule is O=C(COc1ccccc1)NC12CC(C3CCCCCCCCCC3)(C1)C2. The van der Waals surface area contributed by atoms with E-state index in [9.17, 15) is 4.79 Å². The predicted molar refractivity (Wildman–Crippen MR) is 109 cm³/mol. The van der Waals surface area contributed by atoms with Crippen molar-refractivity contribution in [3.05, 3.63) is 30.3 Å². The first-order valence-electron chi connectivity index (χ1n) is 11.2. The Morgan fingerprint density at radius 3 is 2.04 bits per heavy atom. The molecule has 4 aliphatic carbocycles. The summed E-state index contributed by atoms with van der Waals surface area (Å²) in [4.78, 5) is 12.3. The number of ether oxygens (including phenoxy) is 1. The van der Waals surface area contributed by atoms with Gasteiger partial charge in [-0.2, -0.15) is 0 Å². The Balaban J connectivity index is 1.23. The summed E-state index contributed by atoms with van der Waals surface area (Å²) >= 11 is 0. The number of rotatable bonds is 5. The Labute approximate surface area is 164 Å². The highest BCUT2D eigenvalue weighted by Gasteiger charge is 2.70. The molecule has 1 aromatic carbocycles. The summed E-state index contributed by atoms with van der Waals surface area (Å²) in [5.74, 6) is 1.70. The highest BCUT2D eigenvalue weighted by Crippen LogP contribution is 2.72. The molecule has 1 aromatic rings. The summed E-state index contributed by atoms with van der Waals surface area (Å²) in [7, 11) is 0. The fourth-order valence-corrected chi connectivity index (χ4v) is 6.03. The molecule has 0 aliphatic heterocycles. The minimum atomic E-state index is 0.0367. The second-order valence-electron chi connectivity index (χ2n) is 9.43. The third-order valence-corrected chi connectivity index (χ3v) is 7.31. The lowest BCUT2D eigenvalue weighted by molar-refractivity contribution is -0.197. The van der Waals surface area contributed by atoms with E-state index in [1.165, 1.54) is 83.5 Å². The number of benzene rings is 1. The van der Waals surface area contributed by atoms with E-state index >= 15 is 0 Å². The second-order valence-corrected chi connectivity index (χ2v) is 9.43. The molecule has 0 radical (unpaired) electrons. The lowest BCUT2D eigenvalue weighted by atomic mass is 9.35. The molecule has 1 amide bonds. The van der Waals surface area contributed by atoms with E-state index in [4.69, 9.17) is 4.74 Å². The minimum Gasteiger partial charge on any atom is -0.484 e. The first-order chi connectivity index (χ1) is 13.2. The molecule has 0 heterocycles. The topological polar surface area (TPSA) is 38.3 Å². The normalized spacial score (nSPS) is 31.7. The fourth-order valence-electron chi connectivity index (χ4n) is 6.03. The maximum atomic E-state index is 12.3. The van der Waals surface area contributed by atoms with Gasteiger partial charge in [0, 0.05) is 5.54 Å². The number of amides is 1. The molecule has 27 heavy (non-hydrogen) atoms. The van der Waals surface area contributed by atoms with Crippen LogP contribution >= 0.6 is 0 Å². The van der Waals surface area contributed by atoms with Gasteiger partial charge in [-0.25, -0.2) is 0 Å². The molecule has 0 spiro atoms. The number of carbonyl (C=O) groups is 1. The van der Waals surface area contributed by atoms with Crippen LogP contribution in [-0.2, 0) is 4.79 Å². The summed E-state index contributed by atoms with van der Waals surface area (Å²) in [6.07, 6.45) is 17.9. The van der Waals surface area contributed by atoms with Gasteiger partial charge in [-0.3, -0.25) is 4.79 Å². The molecule has 3 heteroatoms. The Morgan fingerprint density at radius 1 is 0.889 bits per heavy atom. The zero-order chi connectivity index (χ0) is 18.6. The Bertz CT molecular complexity index is 595. The lowest BCUT2D eigenvalue weighted by Gasteiger charge is -2.73. The number of carbonyl (C=O) groups excluding carboxylic acids is 1. The first-order valence-corrected chi connectivity index (χ1v) is 11.2. The van der Waals surface area contributed by atoms with Crippen LogP contribution in [0.25, 0.3) is 0 Å². The van der Waals surface area contributed by atoms with Crippen molar-refractivity contribution >= 4 is 5.91 Å². The van der Waals surface area contributed by atoms with Crippen molar-refractivity contribution < 1.29 is 9.53 Å². The number of nitrogens with one attached hydrogen (secondary N) is 1. The molecule has 5 rings (SSSR count). The largest absolute Gasteiger partial charge is 0.484 e. The second kappa shape index (κ2) is 8.24. The Kier molecular flexibility index (Phi) is 5.75. The molecule has 0 atom stereocenters. The van der Waals surface area contributed by atoms with Crippen LogP contribution in [-0.4, -0.2) is 18.1 Å². The van der Waals surface area contributed by atoms with Crippen molar-refractivity contribution in [2.24, 2.45) is 11.3 Å². The van der Waals surface area contributed by atoms with Crippen molar-refractivity contribution in [1.82, 2.24) is 5.32 Å². The van der Waals surface area contributed by atoms with Gasteiger partial charge in [-0.05, 0) is 55.6 Å². The first kappa shape index (κ1) is 18.8. The van der Waals surface area contributed by atoms with Crippen LogP contribution < -0.4 is 10.1 Å². The summed E-state index contributed by atoms with van der Waals surface area (Å²) in [5, 5.41) is 3.29. The van der Waals surface area contributed by atoms with E-state index < -0.39 is 0 Å². The molecule has 4 fully saturated rings. The highest BCUT2D eigenvalue weighted by atomic mass is 16.5. The van der Waals surface area contributed by atoms with Gasteiger partial charge in [0.05, 0.1) is 0 Å². The van der Waals surface area contributed by atoms with E-state index in [0.717, 1.165) is 11.7 Å². The van der Waals surface area contributed by atoms with Crippen molar-refractivity contribution in [1.29, 1.82) is 0 Å². The standard InChI is InChI=1S/C24H35NO2/c26-22(16-27-21-14-10-7-11-15-21)25-24-17-23(18-24,19-24)20-12-8-5-3-1-2-4-6-9-13-20/h7,10-11,14-15,20H,1-6,8-9,12-13,16-19H2,(H,25,26). The van der Waals surface area contributed by atoms with Gasteiger partial charge in [-0.15, -0.1) is 0 Å². The van der Waals surface area contributed by atoms with Gasteiger partial charge in [0.15, 0.2) is 6.61 Å². The van der Waals surface area contributed by atoms with Gasteiger partial charge in [-0.1, -0.05) is 69.6 Å². The predicted octanol–water partition coefficient (Wildman–Crippen LogP) is 5.64. The molecule has 2 bridgehead atoms.